The Balaban J connectivity index is 1.51. The van der Waals surface area contributed by atoms with Crippen LogP contribution in [0.5, 0.6) is 0 Å². The SMILES string of the molecule is CC(C)CS(=O)(=O)c1ccc(C(=O)N2CCC3(CC2)c2ccc(C(=O)C(C)(C)C)n2CCN3C)cc1. The molecule has 0 unspecified atom stereocenters. The monoisotopic (exact) mass is 513 g/mol. The van der Waals surface area contributed by atoms with Crippen LogP contribution >= 0.6 is 0 Å². The Bertz CT molecular complexity index is 1240. The van der Waals surface area contributed by atoms with Crippen molar-refractivity contribution in [2.24, 2.45) is 11.3 Å². The molecule has 8 heteroatoms. The van der Waals surface area contributed by atoms with Gasteiger partial charge in [-0.15, -0.1) is 0 Å². The Kier molecular flexibility index (Phi) is 6.99. The van der Waals surface area contributed by atoms with Crippen LogP contribution in [-0.2, 0) is 21.9 Å². The molecule has 7 nitrogen and oxygen atoms in total. The molecule has 0 aliphatic carbocycles. The van der Waals surface area contributed by atoms with Crippen LogP contribution < -0.4 is 0 Å². The first-order valence-electron chi connectivity index (χ1n) is 12.8. The molecule has 1 fully saturated rings. The molecule has 196 valence electrons. The predicted octanol–water partition coefficient (Wildman–Crippen LogP) is 4.22. The van der Waals surface area contributed by atoms with E-state index in [1.165, 1.54) is 0 Å². The number of sulfone groups is 1. The van der Waals surface area contributed by atoms with Gasteiger partial charge in [0.05, 0.1) is 21.9 Å². The van der Waals surface area contributed by atoms with Crippen molar-refractivity contribution in [2.45, 2.75) is 64.4 Å². The van der Waals surface area contributed by atoms with E-state index in [4.69, 9.17) is 0 Å². The van der Waals surface area contributed by atoms with Crippen LogP contribution in [0.4, 0.5) is 0 Å². The number of ketones is 1. The summed E-state index contributed by atoms with van der Waals surface area (Å²) in [5, 5.41) is 0. The summed E-state index contributed by atoms with van der Waals surface area (Å²) in [6.07, 6.45) is 1.56. The van der Waals surface area contributed by atoms with E-state index in [0.717, 1.165) is 37.3 Å². The number of benzene rings is 1. The summed E-state index contributed by atoms with van der Waals surface area (Å²) in [5.41, 5.74) is 1.80. The number of carbonyl (C=O) groups excluding carboxylic acids is 2. The van der Waals surface area contributed by atoms with E-state index in [2.05, 4.69) is 22.6 Å². The Morgan fingerprint density at radius 3 is 2.11 bits per heavy atom. The quantitative estimate of drug-likeness (QED) is 0.559. The lowest BCUT2D eigenvalue weighted by Crippen LogP contribution is -2.56. The Labute approximate surface area is 215 Å². The van der Waals surface area contributed by atoms with Gasteiger partial charge in [0.2, 0.25) is 0 Å². The van der Waals surface area contributed by atoms with Gasteiger partial charge in [-0.3, -0.25) is 14.5 Å². The molecule has 2 aliphatic heterocycles. The lowest BCUT2D eigenvalue weighted by molar-refractivity contribution is 0.0126. The van der Waals surface area contributed by atoms with Crippen molar-refractivity contribution in [2.75, 3.05) is 32.4 Å². The molecule has 1 aromatic heterocycles. The number of nitrogens with zero attached hydrogens (tertiary/aromatic N) is 3. The van der Waals surface area contributed by atoms with Crippen LogP contribution in [0.15, 0.2) is 41.3 Å². The summed E-state index contributed by atoms with van der Waals surface area (Å²) >= 11 is 0. The molecule has 0 saturated carbocycles. The minimum absolute atomic E-state index is 0.0404. The second-order valence-corrected chi connectivity index (χ2v) is 13.8. The molecule has 0 N–H and O–H groups in total. The van der Waals surface area contributed by atoms with E-state index in [0.29, 0.717) is 18.7 Å². The first-order chi connectivity index (χ1) is 16.8. The molecule has 36 heavy (non-hydrogen) atoms. The molecule has 1 amide bonds. The number of carbonyl (C=O) groups is 2. The van der Waals surface area contributed by atoms with E-state index in [1.54, 1.807) is 24.3 Å². The van der Waals surface area contributed by atoms with Crippen LogP contribution in [0.25, 0.3) is 0 Å². The van der Waals surface area contributed by atoms with E-state index < -0.39 is 15.3 Å². The minimum atomic E-state index is -3.35. The fourth-order valence-electron chi connectivity index (χ4n) is 5.60. The fourth-order valence-corrected chi connectivity index (χ4v) is 7.22. The maximum atomic E-state index is 13.3. The molecule has 0 atom stereocenters. The second kappa shape index (κ2) is 9.45. The minimum Gasteiger partial charge on any atom is -0.339 e. The lowest BCUT2D eigenvalue weighted by Gasteiger charge is -2.50. The standard InChI is InChI=1S/C28H39N3O4S/c1-20(2)19-36(34,35)22-9-7-21(8-10-22)26(33)30-15-13-28(14-16-30)24-12-11-23(25(32)27(3,4)5)31(24)18-17-29(28)6/h7-12,20H,13-19H2,1-6H3. The van der Waals surface area contributed by atoms with Crippen molar-refractivity contribution in [1.82, 2.24) is 14.4 Å². The van der Waals surface area contributed by atoms with E-state index in [1.807, 2.05) is 45.6 Å². The summed E-state index contributed by atoms with van der Waals surface area (Å²) in [6, 6.07) is 10.4. The molecule has 1 aromatic carbocycles. The number of rotatable bonds is 5. The topological polar surface area (TPSA) is 79.7 Å². The molecule has 2 aliphatic rings. The van der Waals surface area contributed by atoms with Crippen LogP contribution in [-0.4, -0.2) is 66.9 Å². The van der Waals surface area contributed by atoms with Crippen molar-refractivity contribution in [3.63, 3.8) is 0 Å². The number of likely N-dealkylation sites (tertiary alicyclic amines) is 1. The van der Waals surface area contributed by atoms with Crippen LogP contribution in [0.2, 0.25) is 0 Å². The highest BCUT2D eigenvalue weighted by atomic mass is 32.2. The number of Topliss-reactive ketones (excluding diaryl/α,β-unsaturated/α-hetero) is 1. The van der Waals surface area contributed by atoms with Gasteiger partial charge >= 0.3 is 0 Å². The summed E-state index contributed by atoms with van der Waals surface area (Å²) < 4.78 is 27.2. The van der Waals surface area contributed by atoms with Gasteiger partial charge in [-0.05, 0) is 62.2 Å². The number of fused-ring (bicyclic) bond motifs is 2. The lowest BCUT2D eigenvalue weighted by atomic mass is 9.81. The molecular weight excluding hydrogens is 474 g/mol. The largest absolute Gasteiger partial charge is 0.339 e. The Hall–Kier alpha value is -2.45. The van der Waals surface area contributed by atoms with Gasteiger partial charge < -0.3 is 9.47 Å². The first-order valence-corrected chi connectivity index (χ1v) is 14.5. The number of aromatic nitrogens is 1. The zero-order valence-electron chi connectivity index (χ0n) is 22.4. The number of hydrogen-bond acceptors (Lipinski definition) is 5. The Morgan fingerprint density at radius 1 is 0.944 bits per heavy atom. The van der Waals surface area contributed by atoms with Gasteiger partial charge in [0.25, 0.3) is 5.91 Å². The van der Waals surface area contributed by atoms with Crippen molar-refractivity contribution in [3.05, 3.63) is 53.3 Å². The van der Waals surface area contributed by atoms with Gasteiger partial charge in [-0.1, -0.05) is 34.6 Å². The van der Waals surface area contributed by atoms with Gasteiger partial charge in [0.15, 0.2) is 15.6 Å². The molecule has 0 radical (unpaired) electrons. The summed E-state index contributed by atoms with van der Waals surface area (Å²) in [6.45, 7) is 12.5. The van der Waals surface area contributed by atoms with Crippen LogP contribution in [0.1, 0.15) is 74.0 Å². The summed E-state index contributed by atoms with van der Waals surface area (Å²) in [4.78, 5) is 30.8. The Morgan fingerprint density at radius 2 is 1.56 bits per heavy atom. The highest BCUT2D eigenvalue weighted by Crippen LogP contribution is 2.42. The third-order valence-electron chi connectivity index (χ3n) is 7.65. The van der Waals surface area contributed by atoms with Crippen LogP contribution in [0.3, 0.4) is 0 Å². The summed E-state index contributed by atoms with van der Waals surface area (Å²) in [7, 11) is -1.22. The smallest absolute Gasteiger partial charge is 0.253 e. The van der Waals surface area contributed by atoms with Crippen molar-refractivity contribution in [3.8, 4) is 0 Å². The van der Waals surface area contributed by atoms with E-state index >= 15 is 0 Å². The van der Waals surface area contributed by atoms with Crippen molar-refractivity contribution in [1.29, 1.82) is 0 Å². The number of piperidine rings is 1. The van der Waals surface area contributed by atoms with E-state index in [-0.39, 0.29) is 33.8 Å². The molecule has 0 bridgehead atoms. The maximum absolute atomic E-state index is 13.3. The normalized spacial score (nSPS) is 18.5. The molecule has 1 spiro atoms. The predicted molar refractivity (Wildman–Crippen MR) is 141 cm³/mol. The molecule has 2 aromatic rings. The third kappa shape index (κ3) is 4.77. The summed E-state index contributed by atoms with van der Waals surface area (Å²) in [5.74, 6) is 0.209. The van der Waals surface area contributed by atoms with Crippen LogP contribution in [0, 0.1) is 11.3 Å². The number of likely N-dealkylation sites (N-methyl/N-ethyl adjacent to an activating group) is 1. The fraction of sp³-hybridized carbons (Fsp3) is 0.571. The molecule has 3 heterocycles. The maximum Gasteiger partial charge on any atom is 0.253 e. The van der Waals surface area contributed by atoms with Crippen molar-refractivity contribution < 1.29 is 18.0 Å². The molecule has 4 rings (SSSR count). The molecule has 1 saturated heterocycles. The first kappa shape index (κ1) is 26.6. The molecular formula is C28H39N3O4S. The zero-order chi connectivity index (χ0) is 26.5. The highest BCUT2D eigenvalue weighted by molar-refractivity contribution is 7.91. The average Bonchev–Trinajstić information content (AvgIpc) is 3.25. The highest BCUT2D eigenvalue weighted by Gasteiger charge is 2.45. The average molecular weight is 514 g/mol. The second-order valence-electron chi connectivity index (χ2n) is 11.8. The third-order valence-corrected chi connectivity index (χ3v) is 9.75. The van der Waals surface area contributed by atoms with Gasteiger partial charge in [-0.2, -0.15) is 0 Å². The number of hydrogen-bond donors (Lipinski definition) is 0. The number of amides is 1. The van der Waals surface area contributed by atoms with Crippen molar-refractivity contribution >= 4 is 21.5 Å². The van der Waals surface area contributed by atoms with Gasteiger partial charge in [-0.25, -0.2) is 8.42 Å². The zero-order valence-corrected chi connectivity index (χ0v) is 23.2. The van der Waals surface area contributed by atoms with Gasteiger partial charge in [0.1, 0.15) is 0 Å². The van der Waals surface area contributed by atoms with E-state index in [9.17, 15) is 18.0 Å². The van der Waals surface area contributed by atoms with Gasteiger partial charge in [0, 0.05) is 42.9 Å².